The summed E-state index contributed by atoms with van der Waals surface area (Å²) in [5.74, 6) is -1.56. The minimum Gasteiger partial charge on any atom is -0.481 e. The number of carbonyl (C=O) groups is 2. The smallest absolute Gasteiger partial charge is 0.303 e. The van der Waals surface area contributed by atoms with Crippen LogP contribution in [0.1, 0.15) is 129 Å². The third-order valence-electron chi connectivity index (χ3n) is 7.00. The van der Waals surface area contributed by atoms with Crippen LogP contribution in [-0.4, -0.2) is 55.8 Å². The van der Waals surface area contributed by atoms with Gasteiger partial charge in [0.15, 0.2) is 0 Å². The van der Waals surface area contributed by atoms with Gasteiger partial charge in [0.05, 0.1) is 18.3 Å². The molecule has 5 N–H and O–H groups in total. The molecule has 7 nitrogen and oxygen atoms in total. The second kappa shape index (κ2) is 38.2. The normalized spacial score (nSPS) is 14.4. The summed E-state index contributed by atoms with van der Waals surface area (Å²) >= 11 is 0. The maximum absolute atomic E-state index is 10.3. The molecule has 0 saturated heterocycles. The van der Waals surface area contributed by atoms with Gasteiger partial charge >= 0.3 is 11.9 Å². The van der Waals surface area contributed by atoms with Crippen LogP contribution < -0.4 is 0 Å². The minimum atomic E-state index is -0.833. The molecule has 48 heavy (non-hydrogen) atoms. The van der Waals surface area contributed by atoms with Crippen molar-refractivity contribution in [3.63, 3.8) is 0 Å². The highest BCUT2D eigenvalue weighted by atomic mass is 16.4. The van der Waals surface area contributed by atoms with Gasteiger partial charge in [0.25, 0.3) is 0 Å². The van der Waals surface area contributed by atoms with E-state index in [9.17, 15) is 24.9 Å². The number of carboxylic acids is 2. The average Bonchev–Trinajstić information content (AvgIpc) is 3.04. The van der Waals surface area contributed by atoms with E-state index < -0.39 is 18.0 Å². The van der Waals surface area contributed by atoms with Gasteiger partial charge < -0.3 is 25.5 Å². The molecule has 0 aromatic rings. The molecular formula is C41H66O7. The standard InChI is InChI=1S/C21H34O3.C20H32O4/c1-2-3-4-14-17-20(22)18-15-12-10-8-6-5-7-9-11-13-16-19-21(23)24;1-2-3-9-13-18(21)14-10-7-5-4-6-8-11-15-19(22)16-12-17-20(23)24/h5-6,9-12,15,18,20,22H,2-4,7-8,13-14,16-17,19H2,1H3,(H,23,24);5-8,10-11,14-15,18-19,21-22H,2-4,9,12-13,16-17H2,1H3,(H,23,24)/b6-5-,11-9-,12-10-,18-15+;7-5-,8-6-,14-10+,15-11+. The molecule has 3 unspecified atom stereocenters. The number of allylic oxidation sites excluding steroid dienone is 13. The summed E-state index contributed by atoms with van der Waals surface area (Å²) in [6, 6.07) is 0. The summed E-state index contributed by atoms with van der Waals surface area (Å²) in [5.41, 5.74) is 0. The zero-order valence-corrected chi connectivity index (χ0v) is 29.8. The van der Waals surface area contributed by atoms with Gasteiger partial charge in [-0.3, -0.25) is 9.59 Å². The zero-order chi connectivity index (χ0) is 35.9. The van der Waals surface area contributed by atoms with Crippen molar-refractivity contribution in [1.29, 1.82) is 0 Å². The molecule has 0 saturated carbocycles. The Hall–Kier alpha value is -3.26. The Balaban J connectivity index is 0. The van der Waals surface area contributed by atoms with Gasteiger partial charge in [-0.25, -0.2) is 0 Å². The van der Waals surface area contributed by atoms with E-state index in [1.807, 2.05) is 60.8 Å². The molecule has 0 aliphatic carbocycles. The Morgan fingerprint density at radius 3 is 1.31 bits per heavy atom. The number of hydrogen-bond acceptors (Lipinski definition) is 5. The van der Waals surface area contributed by atoms with Crippen molar-refractivity contribution in [3.05, 3.63) is 97.2 Å². The first-order valence-electron chi connectivity index (χ1n) is 18.0. The first-order valence-corrected chi connectivity index (χ1v) is 18.0. The van der Waals surface area contributed by atoms with E-state index in [1.54, 1.807) is 12.2 Å². The summed E-state index contributed by atoms with van der Waals surface area (Å²) in [4.78, 5) is 20.7. The topological polar surface area (TPSA) is 135 Å². The third-order valence-corrected chi connectivity index (χ3v) is 7.00. The molecule has 0 aromatic heterocycles. The summed E-state index contributed by atoms with van der Waals surface area (Å²) in [6.07, 6.45) is 44.8. The van der Waals surface area contributed by atoms with Crippen molar-refractivity contribution in [2.24, 2.45) is 0 Å². The Morgan fingerprint density at radius 1 is 0.458 bits per heavy atom. The average molecular weight is 671 g/mol. The lowest BCUT2D eigenvalue weighted by Gasteiger charge is -2.03. The lowest BCUT2D eigenvalue weighted by atomic mass is 10.1. The van der Waals surface area contributed by atoms with Gasteiger partial charge in [-0.1, -0.05) is 156 Å². The lowest BCUT2D eigenvalue weighted by molar-refractivity contribution is -0.138. The highest BCUT2D eigenvalue weighted by Gasteiger charge is 2.01. The molecule has 272 valence electrons. The van der Waals surface area contributed by atoms with Crippen LogP contribution in [0, 0.1) is 0 Å². The van der Waals surface area contributed by atoms with Crippen LogP contribution in [0.25, 0.3) is 0 Å². The van der Waals surface area contributed by atoms with E-state index in [-0.39, 0.29) is 25.0 Å². The number of aliphatic hydroxyl groups excluding tert-OH is 3. The first kappa shape index (κ1) is 46.9. The molecule has 0 rings (SSSR count). The van der Waals surface area contributed by atoms with Crippen LogP contribution >= 0.6 is 0 Å². The van der Waals surface area contributed by atoms with E-state index >= 15 is 0 Å². The number of hydrogen-bond donors (Lipinski definition) is 5. The summed E-state index contributed by atoms with van der Waals surface area (Å²) < 4.78 is 0. The van der Waals surface area contributed by atoms with Crippen LogP contribution in [0.4, 0.5) is 0 Å². The monoisotopic (exact) mass is 670 g/mol. The fourth-order valence-electron chi connectivity index (χ4n) is 4.20. The predicted octanol–water partition coefficient (Wildman–Crippen LogP) is 9.74. The number of unbranched alkanes of at least 4 members (excludes halogenated alkanes) is 6. The second-order valence-corrected chi connectivity index (χ2v) is 11.7. The Labute approximate surface area is 291 Å². The van der Waals surface area contributed by atoms with Crippen molar-refractivity contribution in [3.8, 4) is 0 Å². The van der Waals surface area contributed by atoms with Crippen molar-refractivity contribution in [2.75, 3.05) is 0 Å². The highest BCUT2D eigenvalue weighted by molar-refractivity contribution is 5.66. The molecule has 0 heterocycles. The maximum Gasteiger partial charge on any atom is 0.303 e. The van der Waals surface area contributed by atoms with Gasteiger partial charge in [-0.05, 0) is 57.8 Å². The highest BCUT2D eigenvalue weighted by Crippen LogP contribution is 2.07. The summed E-state index contributed by atoms with van der Waals surface area (Å²) in [5, 5.41) is 46.1. The molecule has 0 aliphatic heterocycles. The molecule has 0 fully saturated rings. The van der Waals surface area contributed by atoms with Crippen molar-refractivity contribution >= 4 is 11.9 Å². The van der Waals surface area contributed by atoms with E-state index in [2.05, 4.69) is 38.2 Å². The number of rotatable bonds is 29. The molecule has 3 atom stereocenters. The van der Waals surface area contributed by atoms with Crippen LogP contribution in [0.5, 0.6) is 0 Å². The second-order valence-electron chi connectivity index (χ2n) is 11.7. The van der Waals surface area contributed by atoms with Crippen LogP contribution in [0.15, 0.2) is 97.2 Å². The predicted molar refractivity (Wildman–Crippen MR) is 201 cm³/mol. The Kier molecular flexibility index (Phi) is 37.3. The minimum absolute atomic E-state index is 0.0896. The zero-order valence-electron chi connectivity index (χ0n) is 29.8. The van der Waals surface area contributed by atoms with Gasteiger partial charge in [0.1, 0.15) is 0 Å². The molecule has 0 aliphatic rings. The molecular weight excluding hydrogens is 604 g/mol. The first-order chi connectivity index (χ1) is 23.2. The van der Waals surface area contributed by atoms with Crippen molar-refractivity contribution in [1.82, 2.24) is 0 Å². The number of aliphatic carboxylic acids is 2. The molecule has 0 radical (unpaired) electrons. The van der Waals surface area contributed by atoms with Gasteiger partial charge in [0.2, 0.25) is 0 Å². The van der Waals surface area contributed by atoms with E-state index in [4.69, 9.17) is 10.2 Å². The van der Waals surface area contributed by atoms with Crippen LogP contribution in [-0.2, 0) is 9.59 Å². The Morgan fingerprint density at radius 2 is 0.833 bits per heavy atom. The summed E-state index contributed by atoms with van der Waals surface area (Å²) in [6.45, 7) is 4.34. The number of carboxylic acid groups (broad SMARTS) is 2. The molecule has 7 heteroatoms. The fourth-order valence-corrected chi connectivity index (χ4v) is 4.20. The van der Waals surface area contributed by atoms with Gasteiger partial charge in [-0.15, -0.1) is 0 Å². The quantitative estimate of drug-likeness (QED) is 0.0304. The van der Waals surface area contributed by atoms with Crippen LogP contribution in [0.3, 0.4) is 0 Å². The van der Waals surface area contributed by atoms with E-state index in [1.165, 1.54) is 19.3 Å². The van der Waals surface area contributed by atoms with Crippen molar-refractivity contribution in [2.45, 2.75) is 148 Å². The van der Waals surface area contributed by atoms with Crippen molar-refractivity contribution < 1.29 is 35.1 Å². The maximum atomic E-state index is 10.3. The number of aliphatic hydroxyl groups is 3. The van der Waals surface area contributed by atoms with E-state index in [0.29, 0.717) is 19.3 Å². The molecule has 0 amide bonds. The fraction of sp³-hybridized carbons (Fsp3) is 0.561. The lowest BCUT2D eigenvalue weighted by Crippen LogP contribution is -2.03. The van der Waals surface area contributed by atoms with Gasteiger partial charge in [0, 0.05) is 12.8 Å². The molecule has 0 aromatic carbocycles. The third kappa shape index (κ3) is 42.7. The Bertz CT molecular complexity index is 985. The van der Waals surface area contributed by atoms with Gasteiger partial charge in [-0.2, -0.15) is 0 Å². The molecule has 0 bridgehead atoms. The van der Waals surface area contributed by atoms with Crippen LogP contribution in [0.2, 0.25) is 0 Å². The van der Waals surface area contributed by atoms with E-state index in [0.717, 1.165) is 64.2 Å². The molecule has 0 spiro atoms. The largest absolute Gasteiger partial charge is 0.481 e. The summed E-state index contributed by atoms with van der Waals surface area (Å²) in [7, 11) is 0. The SMILES string of the molecule is CCCCCC(O)/C=C/C=C\C/C=C\C=C\C(O)CCCC(=O)O.CCCCCCC(O)/C=C/C=C\C/C=C\C/C=C\CCCC(=O)O.